The summed E-state index contributed by atoms with van der Waals surface area (Å²) in [5.74, 6) is -0.125. The summed E-state index contributed by atoms with van der Waals surface area (Å²) in [4.78, 5) is 15.6. The van der Waals surface area contributed by atoms with Gasteiger partial charge in [0.05, 0.1) is 16.6 Å². The van der Waals surface area contributed by atoms with Crippen LogP contribution in [0.4, 0.5) is 0 Å². The molecule has 1 N–H and O–H groups in total. The molecule has 2 unspecified atom stereocenters. The minimum atomic E-state index is -0.653. The van der Waals surface area contributed by atoms with Crippen LogP contribution in [-0.4, -0.2) is 16.1 Å². The van der Waals surface area contributed by atoms with E-state index in [0.29, 0.717) is 12.3 Å². The van der Waals surface area contributed by atoms with Crippen molar-refractivity contribution in [3.63, 3.8) is 0 Å². The van der Waals surface area contributed by atoms with Gasteiger partial charge in [0, 0.05) is 11.8 Å². The van der Waals surface area contributed by atoms with Gasteiger partial charge in [-0.3, -0.25) is 4.79 Å². The lowest BCUT2D eigenvalue weighted by molar-refractivity contribution is -0.148. The molecule has 1 fully saturated rings. The topological polar surface area (TPSA) is 50.2 Å². The van der Waals surface area contributed by atoms with E-state index in [4.69, 9.17) is 0 Å². The zero-order chi connectivity index (χ0) is 10.9. The van der Waals surface area contributed by atoms with Crippen molar-refractivity contribution in [2.45, 2.75) is 32.6 Å². The van der Waals surface area contributed by atoms with Crippen LogP contribution in [0.3, 0.4) is 0 Å². The smallest absolute Gasteiger partial charge is 0.310 e. The van der Waals surface area contributed by atoms with Gasteiger partial charge in [0.25, 0.3) is 0 Å². The molecule has 1 heterocycles. The van der Waals surface area contributed by atoms with Crippen LogP contribution < -0.4 is 0 Å². The van der Waals surface area contributed by atoms with Crippen LogP contribution in [0.15, 0.2) is 10.9 Å². The third kappa shape index (κ3) is 2.04. The Morgan fingerprint density at radius 1 is 1.80 bits per heavy atom. The molecular weight excluding hydrogens is 210 g/mol. The van der Waals surface area contributed by atoms with Crippen LogP contribution in [0, 0.1) is 11.3 Å². The number of carboxylic acid groups (broad SMARTS) is 1. The molecule has 4 heteroatoms. The number of nitrogens with zero attached hydrogens (tertiary/aromatic N) is 1. The van der Waals surface area contributed by atoms with Crippen molar-refractivity contribution in [1.29, 1.82) is 0 Å². The van der Waals surface area contributed by atoms with Crippen LogP contribution in [0.25, 0.3) is 0 Å². The minimum Gasteiger partial charge on any atom is -0.481 e. The summed E-state index contributed by atoms with van der Waals surface area (Å²) in [6.45, 7) is 2.13. The number of hydrogen-bond acceptors (Lipinski definition) is 3. The fourth-order valence-electron chi connectivity index (χ4n) is 2.50. The van der Waals surface area contributed by atoms with E-state index in [-0.39, 0.29) is 0 Å². The summed E-state index contributed by atoms with van der Waals surface area (Å²) in [5.41, 5.74) is 2.15. The van der Waals surface area contributed by atoms with Gasteiger partial charge in [0.1, 0.15) is 0 Å². The normalized spacial score (nSPS) is 30.6. The lowest BCUT2D eigenvalue weighted by Gasteiger charge is -2.22. The quantitative estimate of drug-likeness (QED) is 0.860. The summed E-state index contributed by atoms with van der Waals surface area (Å²) >= 11 is 1.53. The number of aliphatic carboxylic acids is 1. The first-order valence-corrected chi connectivity index (χ1v) is 6.17. The molecule has 1 aromatic rings. The van der Waals surface area contributed by atoms with Gasteiger partial charge in [-0.15, -0.1) is 11.3 Å². The van der Waals surface area contributed by atoms with E-state index in [1.807, 2.05) is 5.38 Å². The first-order valence-electron chi connectivity index (χ1n) is 5.23. The second-order valence-corrected chi connectivity index (χ2v) is 5.31. The molecular formula is C11H15NO2S. The summed E-state index contributed by atoms with van der Waals surface area (Å²) < 4.78 is 0. The third-order valence-electron chi connectivity index (χ3n) is 3.31. The highest BCUT2D eigenvalue weighted by atomic mass is 32.1. The van der Waals surface area contributed by atoms with E-state index in [1.165, 1.54) is 11.3 Å². The Balaban J connectivity index is 2.17. The van der Waals surface area contributed by atoms with Crippen molar-refractivity contribution in [1.82, 2.24) is 4.98 Å². The van der Waals surface area contributed by atoms with Gasteiger partial charge >= 0.3 is 5.97 Å². The maximum Gasteiger partial charge on any atom is 0.310 e. The standard InChI is InChI=1S/C11H15NO2S/c1-8-2-3-11(4-8,10(13)14)5-9-6-15-7-12-9/h6-8H,2-5H2,1H3,(H,13,14). The van der Waals surface area contributed by atoms with Crippen molar-refractivity contribution in [2.75, 3.05) is 0 Å². The Bertz CT molecular complexity index is 349. The van der Waals surface area contributed by atoms with Crippen LogP contribution in [0.5, 0.6) is 0 Å². The molecule has 2 atom stereocenters. The Morgan fingerprint density at radius 3 is 3.07 bits per heavy atom. The Kier molecular flexibility index (Phi) is 2.78. The largest absolute Gasteiger partial charge is 0.481 e. The Labute approximate surface area is 93.2 Å². The molecule has 0 spiro atoms. The number of hydrogen-bond donors (Lipinski definition) is 1. The van der Waals surface area contributed by atoms with Crippen molar-refractivity contribution >= 4 is 17.3 Å². The van der Waals surface area contributed by atoms with Gasteiger partial charge in [0.2, 0.25) is 0 Å². The van der Waals surface area contributed by atoms with Crippen LogP contribution in [-0.2, 0) is 11.2 Å². The summed E-state index contributed by atoms with van der Waals surface area (Å²) in [5, 5.41) is 11.3. The predicted molar refractivity (Wildman–Crippen MR) is 58.9 cm³/mol. The van der Waals surface area contributed by atoms with Gasteiger partial charge in [-0.2, -0.15) is 0 Å². The maximum absolute atomic E-state index is 11.4. The van der Waals surface area contributed by atoms with Gasteiger partial charge in [-0.1, -0.05) is 6.92 Å². The van der Waals surface area contributed by atoms with Gasteiger partial charge in [0.15, 0.2) is 0 Å². The summed E-state index contributed by atoms with van der Waals surface area (Å²) in [6, 6.07) is 0. The molecule has 2 rings (SSSR count). The molecule has 0 amide bonds. The maximum atomic E-state index is 11.4. The molecule has 1 aliphatic carbocycles. The molecule has 1 aliphatic rings. The first kappa shape index (κ1) is 10.6. The highest BCUT2D eigenvalue weighted by molar-refractivity contribution is 7.07. The van der Waals surface area contributed by atoms with Gasteiger partial charge in [-0.05, 0) is 25.2 Å². The summed E-state index contributed by atoms with van der Waals surface area (Å²) in [7, 11) is 0. The molecule has 1 aromatic heterocycles. The van der Waals surface area contributed by atoms with Gasteiger partial charge < -0.3 is 5.11 Å². The number of aromatic nitrogens is 1. The number of thiazole rings is 1. The van der Waals surface area contributed by atoms with E-state index >= 15 is 0 Å². The van der Waals surface area contributed by atoms with Crippen molar-refractivity contribution in [3.05, 3.63) is 16.6 Å². The first-order chi connectivity index (χ1) is 7.12. The molecule has 0 aliphatic heterocycles. The average Bonchev–Trinajstić information content (AvgIpc) is 2.77. The van der Waals surface area contributed by atoms with Crippen molar-refractivity contribution in [2.24, 2.45) is 11.3 Å². The van der Waals surface area contributed by atoms with Crippen molar-refractivity contribution in [3.8, 4) is 0 Å². The summed E-state index contributed by atoms with van der Waals surface area (Å²) in [6.07, 6.45) is 3.20. The number of rotatable bonds is 3. The third-order valence-corrected chi connectivity index (χ3v) is 3.95. The highest BCUT2D eigenvalue weighted by Crippen LogP contribution is 2.44. The van der Waals surface area contributed by atoms with Crippen molar-refractivity contribution < 1.29 is 9.90 Å². The highest BCUT2D eigenvalue weighted by Gasteiger charge is 2.44. The SMILES string of the molecule is CC1CCC(Cc2cscn2)(C(=O)O)C1. The average molecular weight is 225 g/mol. The van der Waals surface area contributed by atoms with E-state index in [2.05, 4.69) is 11.9 Å². The second-order valence-electron chi connectivity index (χ2n) is 4.59. The molecule has 82 valence electrons. The monoisotopic (exact) mass is 225 g/mol. The molecule has 15 heavy (non-hydrogen) atoms. The fourth-order valence-corrected chi connectivity index (χ4v) is 3.05. The zero-order valence-corrected chi connectivity index (χ0v) is 9.59. The lowest BCUT2D eigenvalue weighted by atomic mass is 9.81. The molecule has 1 saturated carbocycles. The molecule has 0 bridgehead atoms. The van der Waals surface area contributed by atoms with Crippen LogP contribution in [0.2, 0.25) is 0 Å². The molecule has 0 saturated heterocycles. The van der Waals surface area contributed by atoms with Crippen LogP contribution >= 0.6 is 11.3 Å². The molecule has 3 nitrogen and oxygen atoms in total. The van der Waals surface area contributed by atoms with Gasteiger partial charge in [-0.25, -0.2) is 4.98 Å². The van der Waals surface area contributed by atoms with E-state index in [1.54, 1.807) is 5.51 Å². The number of carboxylic acids is 1. The fraction of sp³-hybridized carbons (Fsp3) is 0.636. The Morgan fingerprint density at radius 2 is 2.60 bits per heavy atom. The van der Waals surface area contributed by atoms with E-state index < -0.39 is 11.4 Å². The predicted octanol–water partition coefficient (Wildman–Crippen LogP) is 2.58. The zero-order valence-electron chi connectivity index (χ0n) is 8.77. The Hall–Kier alpha value is -0.900. The van der Waals surface area contributed by atoms with Crippen LogP contribution in [0.1, 0.15) is 31.9 Å². The van der Waals surface area contributed by atoms with E-state index in [9.17, 15) is 9.90 Å². The second kappa shape index (κ2) is 3.93. The minimum absolute atomic E-state index is 0.528. The lowest BCUT2D eigenvalue weighted by Crippen LogP contribution is -2.30. The van der Waals surface area contributed by atoms with E-state index in [0.717, 1.165) is 25.0 Å². The molecule has 0 radical (unpaired) electrons. The number of carbonyl (C=O) groups is 1. The molecule has 0 aromatic carbocycles.